The summed E-state index contributed by atoms with van der Waals surface area (Å²) in [6.07, 6.45) is 5.02. The van der Waals surface area contributed by atoms with Crippen molar-refractivity contribution in [1.82, 2.24) is 9.97 Å². The van der Waals surface area contributed by atoms with Crippen LogP contribution in [0.1, 0.15) is 25.7 Å². The van der Waals surface area contributed by atoms with Crippen LogP contribution in [-0.2, 0) is 9.59 Å². The molecule has 146 valence electrons. The van der Waals surface area contributed by atoms with Crippen molar-refractivity contribution < 1.29 is 14.0 Å². The van der Waals surface area contributed by atoms with Crippen LogP contribution in [0.15, 0.2) is 36.7 Å². The zero-order valence-corrected chi connectivity index (χ0v) is 15.5. The Bertz CT molecular complexity index is 884. The van der Waals surface area contributed by atoms with Crippen LogP contribution in [-0.4, -0.2) is 41.4 Å². The Hall–Kier alpha value is -3.03. The number of carbonyl (C=O) groups is 2. The zero-order valence-electron chi connectivity index (χ0n) is 15.5. The summed E-state index contributed by atoms with van der Waals surface area (Å²) in [4.78, 5) is 37.0. The van der Waals surface area contributed by atoms with Gasteiger partial charge < -0.3 is 15.1 Å². The number of nitrogens with one attached hydrogen (secondary N) is 1. The van der Waals surface area contributed by atoms with E-state index in [4.69, 9.17) is 0 Å². The van der Waals surface area contributed by atoms with E-state index in [1.54, 1.807) is 18.2 Å². The van der Waals surface area contributed by atoms with Crippen LogP contribution in [0.25, 0.3) is 0 Å². The van der Waals surface area contributed by atoms with Crippen molar-refractivity contribution in [2.75, 3.05) is 34.8 Å². The van der Waals surface area contributed by atoms with E-state index >= 15 is 0 Å². The fourth-order valence-electron chi connectivity index (χ4n) is 3.72. The van der Waals surface area contributed by atoms with Crippen molar-refractivity contribution in [2.45, 2.75) is 25.7 Å². The second kappa shape index (κ2) is 7.92. The summed E-state index contributed by atoms with van der Waals surface area (Å²) < 4.78 is 13.4. The topological polar surface area (TPSA) is 78.4 Å². The molecule has 2 fully saturated rings. The van der Waals surface area contributed by atoms with Gasteiger partial charge >= 0.3 is 0 Å². The largest absolute Gasteiger partial charge is 0.356 e. The number of rotatable bonds is 4. The highest BCUT2D eigenvalue weighted by Gasteiger charge is 2.35. The van der Waals surface area contributed by atoms with E-state index < -0.39 is 11.7 Å². The molecule has 2 saturated heterocycles. The summed E-state index contributed by atoms with van der Waals surface area (Å²) in [6, 6.07) is 7.60. The zero-order chi connectivity index (χ0) is 19.5. The molecule has 2 aliphatic heterocycles. The van der Waals surface area contributed by atoms with E-state index in [9.17, 15) is 14.0 Å². The maximum Gasteiger partial charge on any atom is 0.230 e. The lowest BCUT2D eigenvalue weighted by Gasteiger charge is -2.27. The van der Waals surface area contributed by atoms with Gasteiger partial charge in [0.05, 0.1) is 5.92 Å². The average Bonchev–Trinajstić information content (AvgIpc) is 3.11. The monoisotopic (exact) mass is 383 g/mol. The Labute approximate surface area is 162 Å². The normalized spacial score (nSPS) is 19.8. The molecule has 1 aromatic heterocycles. The van der Waals surface area contributed by atoms with Gasteiger partial charge in [0.15, 0.2) is 0 Å². The Kier molecular flexibility index (Phi) is 5.18. The third-order valence-electron chi connectivity index (χ3n) is 5.20. The molecule has 3 heterocycles. The Morgan fingerprint density at radius 1 is 1.14 bits per heavy atom. The maximum atomic E-state index is 13.4. The first-order valence-corrected chi connectivity index (χ1v) is 9.54. The van der Waals surface area contributed by atoms with Crippen molar-refractivity contribution in [3.05, 3.63) is 42.5 Å². The van der Waals surface area contributed by atoms with Gasteiger partial charge in [0.25, 0.3) is 0 Å². The lowest BCUT2D eigenvalue weighted by molar-refractivity contribution is -0.122. The second-order valence-electron chi connectivity index (χ2n) is 7.18. The molecule has 0 bridgehead atoms. The summed E-state index contributed by atoms with van der Waals surface area (Å²) in [7, 11) is 0. The minimum absolute atomic E-state index is 0.0897. The number of aromatic nitrogens is 2. The highest BCUT2D eigenvalue weighted by molar-refractivity contribution is 6.03. The number of carbonyl (C=O) groups excluding carboxylic acids is 2. The van der Waals surface area contributed by atoms with Gasteiger partial charge in [-0.1, -0.05) is 6.07 Å². The summed E-state index contributed by atoms with van der Waals surface area (Å²) >= 11 is 0. The quantitative estimate of drug-likeness (QED) is 0.878. The molecular formula is C20H22FN5O2. The molecule has 0 aliphatic carbocycles. The summed E-state index contributed by atoms with van der Waals surface area (Å²) in [6.45, 7) is 2.12. The number of amides is 2. The van der Waals surface area contributed by atoms with E-state index in [1.807, 2.05) is 0 Å². The molecule has 2 aliphatic rings. The van der Waals surface area contributed by atoms with Crippen molar-refractivity contribution >= 4 is 29.1 Å². The van der Waals surface area contributed by atoms with Crippen molar-refractivity contribution in [3.8, 4) is 0 Å². The lowest BCUT2D eigenvalue weighted by Crippen LogP contribution is -2.31. The Morgan fingerprint density at radius 3 is 2.75 bits per heavy atom. The van der Waals surface area contributed by atoms with Crippen LogP contribution in [0.5, 0.6) is 0 Å². The van der Waals surface area contributed by atoms with Gasteiger partial charge in [0.2, 0.25) is 11.8 Å². The smallest absolute Gasteiger partial charge is 0.230 e. The molecule has 8 heteroatoms. The predicted molar refractivity (Wildman–Crippen MR) is 104 cm³/mol. The third-order valence-corrected chi connectivity index (χ3v) is 5.20. The molecule has 0 spiro atoms. The highest BCUT2D eigenvalue weighted by atomic mass is 19.1. The van der Waals surface area contributed by atoms with Crippen LogP contribution in [0.2, 0.25) is 0 Å². The number of piperidine rings is 1. The van der Waals surface area contributed by atoms with Gasteiger partial charge in [-0.15, -0.1) is 0 Å². The number of hydrogen-bond donors (Lipinski definition) is 1. The first kappa shape index (κ1) is 18.3. The minimum Gasteiger partial charge on any atom is -0.356 e. The fraction of sp³-hybridized carbons (Fsp3) is 0.400. The number of benzene rings is 1. The van der Waals surface area contributed by atoms with Crippen LogP contribution in [0, 0.1) is 11.7 Å². The molecule has 1 N–H and O–H groups in total. The van der Waals surface area contributed by atoms with E-state index in [0.29, 0.717) is 11.5 Å². The van der Waals surface area contributed by atoms with Crippen LogP contribution in [0.4, 0.5) is 21.7 Å². The van der Waals surface area contributed by atoms with Gasteiger partial charge in [-0.3, -0.25) is 9.59 Å². The van der Waals surface area contributed by atoms with Crippen molar-refractivity contribution in [3.63, 3.8) is 0 Å². The fourth-order valence-corrected chi connectivity index (χ4v) is 3.72. The van der Waals surface area contributed by atoms with Gasteiger partial charge in [-0.2, -0.15) is 0 Å². The first-order valence-electron chi connectivity index (χ1n) is 9.54. The van der Waals surface area contributed by atoms with Gasteiger partial charge in [-0.25, -0.2) is 14.4 Å². The van der Waals surface area contributed by atoms with Crippen molar-refractivity contribution in [1.29, 1.82) is 0 Å². The minimum atomic E-state index is -0.510. The number of halogens is 1. The molecule has 0 radical (unpaired) electrons. The Balaban J connectivity index is 1.42. The molecule has 28 heavy (non-hydrogen) atoms. The van der Waals surface area contributed by atoms with Crippen molar-refractivity contribution in [2.24, 2.45) is 5.92 Å². The van der Waals surface area contributed by atoms with E-state index in [-0.39, 0.29) is 24.8 Å². The molecule has 0 saturated carbocycles. The second-order valence-corrected chi connectivity index (χ2v) is 7.18. The van der Waals surface area contributed by atoms with E-state index in [0.717, 1.165) is 31.7 Å². The maximum absolute atomic E-state index is 13.4. The SMILES string of the molecule is O=C(Nc1cc(N2CCCCC2)ncn1)[C@@H]1CC(=O)N(c2cccc(F)c2)C1. The molecule has 7 nitrogen and oxygen atoms in total. The summed E-state index contributed by atoms with van der Waals surface area (Å²) in [5, 5.41) is 2.80. The molecule has 0 unspecified atom stereocenters. The van der Waals surface area contributed by atoms with Gasteiger partial charge in [-0.05, 0) is 37.5 Å². The first-order chi connectivity index (χ1) is 13.6. The summed E-state index contributed by atoms with van der Waals surface area (Å²) in [5.74, 6) is -0.155. The number of nitrogens with zero attached hydrogens (tertiary/aromatic N) is 4. The average molecular weight is 383 g/mol. The van der Waals surface area contributed by atoms with Gasteiger partial charge in [0, 0.05) is 37.8 Å². The molecule has 1 atom stereocenters. The highest BCUT2D eigenvalue weighted by Crippen LogP contribution is 2.27. The van der Waals surface area contributed by atoms with Crippen LogP contribution in [0.3, 0.4) is 0 Å². The molecule has 2 aromatic rings. The van der Waals surface area contributed by atoms with Crippen LogP contribution >= 0.6 is 0 Å². The predicted octanol–water partition coefficient (Wildman–Crippen LogP) is 2.60. The molecule has 4 rings (SSSR count). The van der Waals surface area contributed by atoms with Gasteiger partial charge in [0.1, 0.15) is 23.8 Å². The van der Waals surface area contributed by atoms with E-state index in [2.05, 4.69) is 20.2 Å². The number of anilines is 3. The van der Waals surface area contributed by atoms with E-state index in [1.165, 1.54) is 29.8 Å². The standard InChI is InChI=1S/C20H22FN5O2/c21-15-5-4-6-16(10-15)26-12-14(9-19(26)27)20(28)24-17-11-18(23-13-22-17)25-7-2-1-3-8-25/h4-6,10-11,13-14H,1-3,7-9,12H2,(H,22,23,24,28)/t14-/m1/s1. The lowest BCUT2D eigenvalue weighted by atomic mass is 10.1. The molecule has 2 amide bonds. The summed E-state index contributed by atoms with van der Waals surface area (Å²) in [5.41, 5.74) is 0.467. The molecular weight excluding hydrogens is 361 g/mol. The molecule has 1 aromatic carbocycles. The Morgan fingerprint density at radius 2 is 1.96 bits per heavy atom. The van der Waals surface area contributed by atoms with Crippen LogP contribution < -0.4 is 15.1 Å². The number of hydrogen-bond acceptors (Lipinski definition) is 5. The third kappa shape index (κ3) is 3.95.